The largest absolute Gasteiger partial charge is 0.369 e. The summed E-state index contributed by atoms with van der Waals surface area (Å²) in [5.74, 6) is -0.119. The molecule has 100 valence electrons. The molecule has 0 spiro atoms. The lowest BCUT2D eigenvalue weighted by atomic mass is 10.2. The molecule has 0 fully saturated rings. The van der Waals surface area contributed by atoms with Crippen LogP contribution < -0.4 is 11.1 Å². The second-order valence-corrected chi connectivity index (χ2v) is 4.26. The number of ether oxygens (including phenoxy) is 1. The summed E-state index contributed by atoms with van der Waals surface area (Å²) >= 11 is 0. The summed E-state index contributed by atoms with van der Waals surface area (Å²) in [5, 5.41) is 2.82. The number of nitrogens with one attached hydrogen (secondary N) is 1. The first-order valence-corrected chi connectivity index (χ1v) is 6.38. The molecule has 0 radical (unpaired) electrons. The Kier molecular flexibility index (Phi) is 6.39. The van der Waals surface area contributed by atoms with Crippen molar-refractivity contribution >= 4 is 11.6 Å². The van der Waals surface area contributed by atoms with Crippen molar-refractivity contribution in [3.05, 3.63) is 29.8 Å². The highest BCUT2D eigenvalue weighted by molar-refractivity contribution is 5.93. The van der Waals surface area contributed by atoms with Crippen LogP contribution in [0, 0.1) is 0 Å². The number of rotatable bonds is 7. The van der Waals surface area contributed by atoms with Gasteiger partial charge in [-0.2, -0.15) is 0 Å². The highest BCUT2D eigenvalue weighted by Crippen LogP contribution is 2.10. The molecule has 0 bridgehead atoms. The van der Waals surface area contributed by atoms with Gasteiger partial charge in [0, 0.05) is 18.8 Å². The van der Waals surface area contributed by atoms with Crippen LogP contribution in [0.4, 0.5) is 5.69 Å². The van der Waals surface area contributed by atoms with Crippen LogP contribution in [0.15, 0.2) is 24.3 Å². The predicted molar refractivity (Wildman–Crippen MR) is 73.3 cm³/mol. The van der Waals surface area contributed by atoms with E-state index in [1.54, 1.807) is 6.92 Å². The number of hydrogen-bond acceptors (Lipinski definition) is 3. The third kappa shape index (κ3) is 4.85. The molecule has 0 saturated heterocycles. The van der Waals surface area contributed by atoms with Gasteiger partial charge in [-0.25, -0.2) is 0 Å². The minimum Gasteiger partial charge on any atom is -0.369 e. The Hall–Kier alpha value is -1.39. The van der Waals surface area contributed by atoms with Crippen LogP contribution in [0.3, 0.4) is 0 Å². The molecule has 1 unspecified atom stereocenters. The molecule has 1 aromatic carbocycles. The Morgan fingerprint density at radius 3 is 2.61 bits per heavy atom. The number of amides is 1. The quantitative estimate of drug-likeness (QED) is 0.730. The van der Waals surface area contributed by atoms with E-state index in [9.17, 15) is 4.79 Å². The Morgan fingerprint density at radius 2 is 2.06 bits per heavy atom. The Morgan fingerprint density at radius 1 is 1.39 bits per heavy atom. The first-order valence-electron chi connectivity index (χ1n) is 6.38. The SMILES string of the molecule is CCCCOC(C)C(=O)Nc1ccc(CN)cc1. The molecule has 1 amide bonds. The number of carbonyl (C=O) groups is 1. The van der Waals surface area contributed by atoms with Crippen molar-refractivity contribution in [2.75, 3.05) is 11.9 Å². The molecule has 0 aromatic heterocycles. The van der Waals surface area contributed by atoms with Crippen molar-refractivity contribution < 1.29 is 9.53 Å². The average molecular weight is 250 g/mol. The smallest absolute Gasteiger partial charge is 0.253 e. The molecule has 1 atom stereocenters. The number of carbonyl (C=O) groups excluding carboxylic acids is 1. The molecular weight excluding hydrogens is 228 g/mol. The summed E-state index contributed by atoms with van der Waals surface area (Å²) in [7, 11) is 0. The highest BCUT2D eigenvalue weighted by atomic mass is 16.5. The van der Waals surface area contributed by atoms with Crippen molar-refractivity contribution in [2.45, 2.75) is 39.3 Å². The normalized spacial score (nSPS) is 12.2. The number of nitrogens with two attached hydrogens (primary N) is 1. The highest BCUT2D eigenvalue weighted by Gasteiger charge is 2.12. The standard InChI is InChI=1S/C14H22N2O2/c1-3-4-9-18-11(2)14(17)16-13-7-5-12(10-15)6-8-13/h5-8,11H,3-4,9-10,15H2,1-2H3,(H,16,17). The van der Waals surface area contributed by atoms with E-state index in [0.717, 1.165) is 24.1 Å². The Bertz CT molecular complexity index is 363. The summed E-state index contributed by atoms with van der Waals surface area (Å²) in [6.07, 6.45) is 1.61. The van der Waals surface area contributed by atoms with E-state index in [-0.39, 0.29) is 5.91 Å². The second kappa shape index (κ2) is 7.84. The summed E-state index contributed by atoms with van der Waals surface area (Å²) < 4.78 is 5.43. The summed E-state index contributed by atoms with van der Waals surface area (Å²) in [5.41, 5.74) is 7.32. The maximum Gasteiger partial charge on any atom is 0.253 e. The number of benzene rings is 1. The zero-order valence-corrected chi connectivity index (χ0v) is 11.1. The zero-order valence-electron chi connectivity index (χ0n) is 11.1. The number of hydrogen-bond donors (Lipinski definition) is 2. The van der Waals surface area contributed by atoms with Crippen LogP contribution in [0.25, 0.3) is 0 Å². The molecule has 4 nitrogen and oxygen atoms in total. The lowest BCUT2D eigenvalue weighted by Gasteiger charge is -2.13. The molecule has 1 rings (SSSR count). The van der Waals surface area contributed by atoms with Gasteiger partial charge in [0.1, 0.15) is 6.10 Å². The fraction of sp³-hybridized carbons (Fsp3) is 0.500. The molecule has 4 heteroatoms. The van der Waals surface area contributed by atoms with Crippen molar-refractivity contribution in [1.82, 2.24) is 0 Å². The van der Waals surface area contributed by atoms with Crippen LogP contribution >= 0.6 is 0 Å². The topological polar surface area (TPSA) is 64.3 Å². The van der Waals surface area contributed by atoms with E-state index in [0.29, 0.717) is 13.2 Å². The van der Waals surface area contributed by atoms with E-state index in [4.69, 9.17) is 10.5 Å². The van der Waals surface area contributed by atoms with Crippen LogP contribution in [0.5, 0.6) is 0 Å². The molecule has 0 aliphatic rings. The number of unbranched alkanes of at least 4 members (excludes halogenated alkanes) is 1. The van der Waals surface area contributed by atoms with Gasteiger partial charge in [-0.3, -0.25) is 4.79 Å². The van der Waals surface area contributed by atoms with Gasteiger partial charge in [-0.15, -0.1) is 0 Å². The van der Waals surface area contributed by atoms with Gasteiger partial charge in [0.05, 0.1) is 0 Å². The van der Waals surface area contributed by atoms with Gasteiger partial charge in [0.25, 0.3) is 5.91 Å². The van der Waals surface area contributed by atoms with Gasteiger partial charge in [-0.05, 0) is 31.0 Å². The summed E-state index contributed by atoms with van der Waals surface area (Å²) in [4.78, 5) is 11.8. The fourth-order valence-electron chi connectivity index (χ4n) is 1.45. The minimum atomic E-state index is -0.425. The fourth-order valence-corrected chi connectivity index (χ4v) is 1.45. The third-order valence-corrected chi connectivity index (χ3v) is 2.69. The number of anilines is 1. The first kappa shape index (κ1) is 14.7. The van der Waals surface area contributed by atoms with Crippen LogP contribution in [0.2, 0.25) is 0 Å². The molecule has 1 aromatic rings. The van der Waals surface area contributed by atoms with E-state index >= 15 is 0 Å². The predicted octanol–water partition coefficient (Wildman–Crippen LogP) is 2.29. The Labute approximate surface area is 109 Å². The van der Waals surface area contributed by atoms with Crippen molar-refractivity contribution in [3.8, 4) is 0 Å². The zero-order chi connectivity index (χ0) is 13.4. The van der Waals surface area contributed by atoms with Gasteiger partial charge in [0.15, 0.2) is 0 Å². The summed E-state index contributed by atoms with van der Waals surface area (Å²) in [6, 6.07) is 7.49. The van der Waals surface area contributed by atoms with Crippen molar-refractivity contribution in [1.29, 1.82) is 0 Å². The van der Waals surface area contributed by atoms with Crippen LogP contribution in [0.1, 0.15) is 32.3 Å². The molecule has 0 aliphatic heterocycles. The van der Waals surface area contributed by atoms with Crippen molar-refractivity contribution in [3.63, 3.8) is 0 Å². The molecule has 3 N–H and O–H groups in total. The second-order valence-electron chi connectivity index (χ2n) is 4.26. The van der Waals surface area contributed by atoms with Gasteiger partial charge < -0.3 is 15.8 Å². The molecule has 18 heavy (non-hydrogen) atoms. The monoisotopic (exact) mass is 250 g/mol. The first-order chi connectivity index (χ1) is 8.67. The van der Waals surface area contributed by atoms with Crippen molar-refractivity contribution in [2.24, 2.45) is 5.73 Å². The van der Waals surface area contributed by atoms with E-state index < -0.39 is 6.10 Å². The molecular formula is C14H22N2O2. The van der Waals surface area contributed by atoms with Crippen LogP contribution in [-0.2, 0) is 16.1 Å². The Balaban J connectivity index is 2.42. The van der Waals surface area contributed by atoms with E-state index in [2.05, 4.69) is 12.2 Å². The van der Waals surface area contributed by atoms with E-state index in [1.807, 2.05) is 24.3 Å². The molecule has 0 heterocycles. The lowest BCUT2D eigenvalue weighted by Crippen LogP contribution is -2.28. The third-order valence-electron chi connectivity index (χ3n) is 2.69. The van der Waals surface area contributed by atoms with E-state index in [1.165, 1.54) is 0 Å². The molecule has 0 aliphatic carbocycles. The molecule has 0 saturated carbocycles. The van der Waals surface area contributed by atoms with Gasteiger partial charge in [-0.1, -0.05) is 25.5 Å². The maximum atomic E-state index is 11.8. The van der Waals surface area contributed by atoms with Gasteiger partial charge in [0.2, 0.25) is 0 Å². The maximum absolute atomic E-state index is 11.8. The summed E-state index contributed by atoms with van der Waals surface area (Å²) in [6.45, 7) is 4.98. The lowest BCUT2D eigenvalue weighted by molar-refractivity contribution is -0.126. The van der Waals surface area contributed by atoms with Crippen LogP contribution in [-0.4, -0.2) is 18.6 Å². The minimum absolute atomic E-state index is 0.119. The van der Waals surface area contributed by atoms with Gasteiger partial charge >= 0.3 is 0 Å². The average Bonchev–Trinajstić information content (AvgIpc) is 2.39.